The fourth-order valence-corrected chi connectivity index (χ4v) is 2.49. The molecule has 142 valence electrons. The van der Waals surface area contributed by atoms with E-state index in [9.17, 15) is 9.59 Å². The van der Waals surface area contributed by atoms with Crippen LogP contribution in [0.25, 0.3) is 0 Å². The maximum absolute atomic E-state index is 12.8. The number of benzene rings is 1. The first-order valence-electron chi connectivity index (χ1n) is 8.28. The van der Waals surface area contributed by atoms with Crippen LogP contribution in [-0.4, -0.2) is 16.7 Å². The predicted molar refractivity (Wildman–Crippen MR) is 110 cm³/mol. The van der Waals surface area contributed by atoms with Crippen molar-refractivity contribution < 1.29 is 9.59 Å². The highest BCUT2D eigenvalue weighted by atomic mass is 35.5. The van der Waals surface area contributed by atoms with E-state index in [2.05, 4.69) is 15.6 Å². The summed E-state index contributed by atoms with van der Waals surface area (Å²) in [5.41, 5.74) is 0.826. The Morgan fingerprint density at radius 3 is 2.37 bits per heavy atom. The van der Waals surface area contributed by atoms with E-state index >= 15 is 0 Å². The van der Waals surface area contributed by atoms with E-state index in [-0.39, 0.29) is 11.5 Å². The summed E-state index contributed by atoms with van der Waals surface area (Å²) in [6.45, 7) is 7.22. The van der Waals surface area contributed by atoms with Crippen LogP contribution in [-0.2, 0) is 9.59 Å². The van der Waals surface area contributed by atoms with Crippen LogP contribution < -0.4 is 10.6 Å². The number of halogens is 2. The molecule has 0 saturated heterocycles. The monoisotopic (exact) mass is 405 g/mol. The average Bonchev–Trinajstić information content (AvgIpc) is 2.55. The molecule has 1 amide bonds. The maximum atomic E-state index is 12.8. The smallest absolute Gasteiger partial charge is 0.273 e. The second kappa shape index (κ2) is 8.55. The minimum Gasteiger partial charge on any atom is -0.350 e. The second-order valence-electron chi connectivity index (χ2n) is 7.09. The number of allylic oxidation sites excluding steroid dienone is 1. The standard InChI is InChI=1S/C20H21Cl2N3O2/c1-12-7-8-23-18(9-12)25-19(27)16(11-17(26)20(2,3)4)24-15-6-5-13(21)10-14(15)22/h5-11,24H,1-4H3,(H,23,25,27). The van der Waals surface area contributed by atoms with E-state index in [1.165, 1.54) is 6.08 Å². The molecule has 0 fully saturated rings. The molecule has 7 heteroatoms. The van der Waals surface area contributed by atoms with Crippen molar-refractivity contribution >= 4 is 46.4 Å². The van der Waals surface area contributed by atoms with Crippen LogP contribution in [0.2, 0.25) is 10.0 Å². The van der Waals surface area contributed by atoms with Crippen LogP contribution in [0.1, 0.15) is 26.3 Å². The number of nitrogens with zero attached hydrogens (tertiary/aromatic N) is 1. The van der Waals surface area contributed by atoms with Gasteiger partial charge in [-0.3, -0.25) is 9.59 Å². The highest BCUT2D eigenvalue weighted by molar-refractivity contribution is 6.36. The van der Waals surface area contributed by atoms with Crippen molar-refractivity contribution in [3.8, 4) is 0 Å². The van der Waals surface area contributed by atoms with Gasteiger partial charge in [0, 0.05) is 22.7 Å². The number of ketones is 1. The number of carbonyl (C=O) groups excluding carboxylic acids is 2. The summed E-state index contributed by atoms with van der Waals surface area (Å²) >= 11 is 12.1. The molecule has 2 aromatic rings. The van der Waals surface area contributed by atoms with Crippen LogP contribution in [0.3, 0.4) is 0 Å². The summed E-state index contributed by atoms with van der Waals surface area (Å²) in [6.07, 6.45) is 2.87. The van der Waals surface area contributed by atoms with Crippen LogP contribution in [0, 0.1) is 12.3 Å². The van der Waals surface area contributed by atoms with Gasteiger partial charge in [-0.2, -0.15) is 0 Å². The van der Waals surface area contributed by atoms with E-state index in [1.807, 2.05) is 13.0 Å². The van der Waals surface area contributed by atoms with Gasteiger partial charge in [-0.15, -0.1) is 0 Å². The van der Waals surface area contributed by atoms with Crippen molar-refractivity contribution in [2.24, 2.45) is 5.41 Å². The normalized spacial score (nSPS) is 11.9. The van der Waals surface area contributed by atoms with Crippen LogP contribution >= 0.6 is 23.2 Å². The molecule has 27 heavy (non-hydrogen) atoms. The average molecular weight is 406 g/mol. The third-order valence-corrected chi connectivity index (χ3v) is 4.16. The molecule has 0 aliphatic carbocycles. The Balaban J connectivity index is 2.35. The zero-order valence-corrected chi connectivity index (χ0v) is 17.1. The van der Waals surface area contributed by atoms with Gasteiger partial charge in [-0.25, -0.2) is 4.98 Å². The number of amides is 1. The molecule has 1 heterocycles. The molecule has 1 aromatic carbocycles. The van der Waals surface area contributed by atoms with Crippen LogP contribution in [0.15, 0.2) is 48.3 Å². The highest BCUT2D eigenvalue weighted by Gasteiger charge is 2.22. The third kappa shape index (κ3) is 6.08. The number of hydrogen-bond donors (Lipinski definition) is 2. The van der Waals surface area contributed by atoms with E-state index in [0.29, 0.717) is 21.6 Å². The van der Waals surface area contributed by atoms with Gasteiger partial charge in [0.15, 0.2) is 5.78 Å². The van der Waals surface area contributed by atoms with E-state index in [4.69, 9.17) is 23.2 Å². The summed E-state index contributed by atoms with van der Waals surface area (Å²) in [6, 6.07) is 8.38. The first-order chi connectivity index (χ1) is 12.6. The summed E-state index contributed by atoms with van der Waals surface area (Å²) < 4.78 is 0. The van der Waals surface area contributed by atoms with Crippen molar-refractivity contribution in [2.45, 2.75) is 27.7 Å². The van der Waals surface area contributed by atoms with Gasteiger partial charge < -0.3 is 10.6 Å². The van der Waals surface area contributed by atoms with E-state index < -0.39 is 11.3 Å². The molecule has 0 saturated carbocycles. The Labute approximate surface area is 168 Å². The van der Waals surface area contributed by atoms with E-state index in [1.54, 1.807) is 51.2 Å². The molecule has 0 aliphatic heterocycles. The molecular weight excluding hydrogens is 385 g/mol. The van der Waals surface area contributed by atoms with Gasteiger partial charge in [0.1, 0.15) is 11.5 Å². The number of rotatable bonds is 5. The van der Waals surface area contributed by atoms with Gasteiger partial charge in [0.2, 0.25) is 0 Å². The summed E-state index contributed by atoms with van der Waals surface area (Å²) in [7, 11) is 0. The minimum atomic E-state index is -0.640. The largest absolute Gasteiger partial charge is 0.350 e. The Morgan fingerprint density at radius 2 is 1.78 bits per heavy atom. The highest BCUT2D eigenvalue weighted by Crippen LogP contribution is 2.27. The molecule has 1 aromatic heterocycles. The van der Waals surface area contributed by atoms with Gasteiger partial charge in [-0.1, -0.05) is 44.0 Å². The lowest BCUT2D eigenvalue weighted by molar-refractivity contribution is -0.122. The molecule has 2 rings (SSSR count). The maximum Gasteiger partial charge on any atom is 0.273 e. The van der Waals surface area contributed by atoms with E-state index in [0.717, 1.165) is 5.56 Å². The molecule has 0 unspecified atom stereocenters. The number of nitrogens with one attached hydrogen (secondary N) is 2. The molecule has 2 N–H and O–H groups in total. The summed E-state index contributed by atoms with van der Waals surface area (Å²) in [4.78, 5) is 29.3. The lowest BCUT2D eigenvalue weighted by Crippen LogP contribution is -2.25. The Bertz CT molecular complexity index is 902. The number of carbonyl (C=O) groups is 2. The predicted octanol–water partition coefficient (Wildman–Crippen LogP) is 5.25. The molecular formula is C20H21Cl2N3O2. The minimum absolute atomic E-state index is 0.0578. The Kier molecular flexibility index (Phi) is 6.63. The van der Waals surface area contributed by atoms with Crippen molar-refractivity contribution in [3.63, 3.8) is 0 Å². The lowest BCUT2D eigenvalue weighted by atomic mass is 9.90. The van der Waals surface area contributed by atoms with Crippen molar-refractivity contribution in [1.82, 2.24) is 4.98 Å². The third-order valence-electron chi connectivity index (χ3n) is 3.62. The number of anilines is 2. The van der Waals surface area contributed by atoms with Crippen molar-refractivity contribution in [3.05, 3.63) is 63.9 Å². The molecule has 0 bridgehead atoms. The Morgan fingerprint density at radius 1 is 1.07 bits per heavy atom. The SMILES string of the molecule is Cc1ccnc(NC(=O)C(=CC(=O)C(C)(C)C)Nc2ccc(Cl)cc2Cl)c1. The molecule has 5 nitrogen and oxygen atoms in total. The van der Waals surface area contributed by atoms with Crippen LogP contribution in [0.4, 0.5) is 11.5 Å². The molecule has 0 radical (unpaired) electrons. The zero-order chi connectivity index (χ0) is 20.2. The second-order valence-corrected chi connectivity index (χ2v) is 7.94. The van der Waals surface area contributed by atoms with Crippen molar-refractivity contribution in [1.29, 1.82) is 0 Å². The molecule has 0 atom stereocenters. The summed E-state index contributed by atoms with van der Waals surface area (Å²) in [5.74, 6) is -0.322. The topological polar surface area (TPSA) is 71.1 Å². The van der Waals surface area contributed by atoms with Gasteiger partial charge in [0.25, 0.3) is 5.91 Å². The van der Waals surface area contributed by atoms with Crippen molar-refractivity contribution in [2.75, 3.05) is 10.6 Å². The number of aryl methyl sites for hydroxylation is 1. The fraction of sp³-hybridized carbons (Fsp3) is 0.250. The van der Waals surface area contributed by atoms with Crippen LogP contribution in [0.5, 0.6) is 0 Å². The lowest BCUT2D eigenvalue weighted by Gasteiger charge is -2.17. The van der Waals surface area contributed by atoms with Gasteiger partial charge in [0.05, 0.1) is 10.7 Å². The number of aromatic nitrogens is 1. The first-order valence-corrected chi connectivity index (χ1v) is 9.04. The van der Waals surface area contributed by atoms with Gasteiger partial charge >= 0.3 is 0 Å². The Hall–Kier alpha value is -2.37. The summed E-state index contributed by atoms with van der Waals surface area (Å²) in [5, 5.41) is 6.41. The molecule has 0 spiro atoms. The molecule has 0 aliphatic rings. The number of pyridine rings is 1. The first kappa shape index (κ1) is 20.9. The zero-order valence-electron chi connectivity index (χ0n) is 15.6. The van der Waals surface area contributed by atoms with Gasteiger partial charge in [-0.05, 0) is 42.8 Å². The number of hydrogen-bond acceptors (Lipinski definition) is 4. The quantitative estimate of drug-likeness (QED) is 0.666. The fourth-order valence-electron chi connectivity index (χ4n) is 2.03.